The minimum Gasteiger partial charge on any atom is -0.322 e. The predicted molar refractivity (Wildman–Crippen MR) is 112 cm³/mol. The molecule has 0 aliphatic heterocycles. The number of nitrogens with zero attached hydrogens (tertiary/aromatic N) is 1. The molecule has 0 saturated carbocycles. The number of nitrogens with one attached hydrogen (secondary N) is 2. The highest BCUT2D eigenvalue weighted by molar-refractivity contribution is 6.04. The van der Waals surface area contributed by atoms with Gasteiger partial charge >= 0.3 is 0 Å². The lowest BCUT2D eigenvalue weighted by atomic mass is 10.1. The van der Waals surface area contributed by atoms with Crippen LogP contribution in [-0.2, 0) is 0 Å². The average Bonchev–Trinajstić information content (AvgIpc) is 2.68. The molecule has 0 fully saturated rings. The topological polar surface area (TPSA) is 70.6 Å². The van der Waals surface area contributed by atoms with E-state index in [2.05, 4.69) is 15.8 Å². The van der Waals surface area contributed by atoms with Gasteiger partial charge in [-0.25, -0.2) is 5.43 Å². The van der Waals surface area contributed by atoms with Gasteiger partial charge in [-0.15, -0.1) is 0 Å². The predicted octanol–water partition coefficient (Wildman–Crippen LogP) is 4.32. The zero-order valence-electron chi connectivity index (χ0n) is 15.8. The van der Waals surface area contributed by atoms with Crippen molar-refractivity contribution in [1.29, 1.82) is 0 Å². The Morgan fingerprint density at radius 2 is 1.46 bits per heavy atom. The minimum atomic E-state index is -0.319. The molecule has 0 aromatic heterocycles. The molecule has 5 nitrogen and oxygen atoms in total. The molecule has 2 N–H and O–H groups in total. The van der Waals surface area contributed by atoms with Crippen LogP contribution in [0.4, 0.5) is 5.69 Å². The van der Waals surface area contributed by atoms with Crippen LogP contribution >= 0.6 is 0 Å². The molecule has 3 rings (SSSR count). The Morgan fingerprint density at radius 3 is 2.14 bits per heavy atom. The maximum absolute atomic E-state index is 12.3. The molecular formula is C23H21N3O2. The number of aryl methyl sites for hydroxylation is 2. The lowest BCUT2D eigenvalue weighted by Gasteiger charge is -2.07. The number of hydrogen-bond acceptors (Lipinski definition) is 3. The average molecular weight is 371 g/mol. The third-order valence-electron chi connectivity index (χ3n) is 4.11. The van der Waals surface area contributed by atoms with Gasteiger partial charge in [0.15, 0.2) is 0 Å². The fraction of sp³-hybridized carbons (Fsp3) is 0.0870. The Morgan fingerprint density at radius 1 is 0.786 bits per heavy atom. The largest absolute Gasteiger partial charge is 0.322 e. The summed E-state index contributed by atoms with van der Waals surface area (Å²) in [6, 6.07) is 21.8. The molecule has 0 saturated heterocycles. The number of hydrogen-bond donors (Lipinski definition) is 2. The van der Waals surface area contributed by atoms with Gasteiger partial charge in [0.1, 0.15) is 0 Å². The van der Waals surface area contributed by atoms with Gasteiger partial charge < -0.3 is 5.32 Å². The SMILES string of the molecule is Cc1cccc(/C=N/NC(=O)c2ccc(NC(=O)c3cccc(C)c3)cc2)c1. The molecule has 0 heterocycles. The minimum absolute atomic E-state index is 0.191. The van der Waals surface area contributed by atoms with Crippen molar-refractivity contribution >= 4 is 23.7 Å². The number of carbonyl (C=O) groups excluding carboxylic acids is 2. The van der Waals surface area contributed by atoms with Crippen LogP contribution in [0.15, 0.2) is 77.9 Å². The molecule has 140 valence electrons. The number of anilines is 1. The van der Waals surface area contributed by atoms with E-state index in [1.54, 1.807) is 36.5 Å². The van der Waals surface area contributed by atoms with Crippen LogP contribution < -0.4 is 10.7 Å². The van der Waals surface area contributed by atoms with Crippen LogP contribution in [-0.4, -0.2) is 18.0 Å². The molecule has 0 bridgehead atoms. The Balaban J connectivity index is 1.59. The number of rotatable bonds is 5. The molecule has 3 aromatic rings. The molecular weight excluding hydrogens is 350 g/mol. The molecule has 2 amide bonds. The third-order valence-corrected chi connectivity index (χ3v) is 4.11. The number of carbonyl (C=O) groups is 2. The lowest BCUT2D eigenvalue weighted by Crippen LogP contribution is -2.18. The van der Waals surface area contributed by atoms with Crippen molar-refractivity contribution in [3.05, 3.63) is 101 Å². The van der Waals surface area contributed by atoms with Crippen LogP contribution in [0.1, 0.15) is 37.4 Å². The second-order valence-corrected chi connectivity index (χ2v) is 6.51. The molecule has 0 unspecified atom stereocenters. The molecule has 28 heavy (non-hydrogen) atoms. The fourth-order valence-corrected chi connectivity index (χ4v) is 2.67. The van der Waals surface area contributed by atoms with Crippen molar-refractivity contribution in [3.8, 4) is 0 Å². The first-order chi connectivity index (χ1) is 13.5. The normalized spacial score (nSPS) is 10.6. The zero-order chi connectivity index (χ0) is 19.9. The molecule has 5 heteroatoms. The highest BCUT2D eigenvalue weighted by Crippen LogP contribution is 2.12. The quantitative estimate of drug-likeness (QED) is 0.518. The van der Waals surface area contributed by atoms with Gasteiger partial charge in [0.05, 0.1) is 6.21 Å². The maximum Gasteiger partial charge on any atom is 0.271 e. The van der Waals surface area contributed by atoms with Crippen LogP contribution in [0.2, 0.25) is 0 Å². The summed E-state index contributed by atoms with van der Waals surface area (Å²) >= 11 is 0. The first-order valence-corrected chi connectivity index (χ1v) is 8.89. The smallest absolute Gasteiger partial charge is 0.271 e. The summed E-state index contributed by atoms with van der Waals surface area (Å²) < 4.78 is 0. The van der Waals surface area contributed by atoms with Crippen LogP contribution in [0, 0.1) is 13.8 Å². The first-order valence-electron chi connectivity index (χ1n) is 8.89. The number of amides is 2. The molecule has 0 aliphatic carbocycles. The van der Waals surface area contributed by atoms with Crippen molar-refractivity contribution < 1.29 is 9.59 Å². The van der Waals surface area contributed by atoms with Gasteiger partial charge in [0.2, 0.25) is 0 Å². The monoisotopic (exact) mass is 371 g/mol. The standard InChI is InChI=1S/C23H21N3O2/c1-16-5-3-7-18(13-16)15-24-26-23(28)19-9-11-21(12-10-19)25-22(27)20-8-4-6-17(2)14-20/h3-15H,1-2H3,(H,25,27)(H,26,28)/b24-15+. The van der Waals surface area contributed by atoms with E-state index < -0.39 is 0 Å². The van der Waals surface area contributed by atoms with E-state index in [4.69, 9.17) is 0 Å². The summed E-state index contributed by atoms with van der Waals surface area (Å²) in [5.74, 6) is -0.510. The van der Waals surface area contributed by atoms with Crippen molar-refractivity contribution in [1.82, 2.24) is 5.43 Å². The zero-order valence-corrected chi connectivity index (χ0v) is 15.8. The van der Waals surface area contributed by atoms with Gasteiger partial charge in [-0.2, -0.15) is 5.10 Å². The number of hydrazone groups is 1. The molecule has 0 atom stereocenters. The number of benzene rings is 3. The van der Waals surface area contributed by atoms with Gasteiger partial charge in [0.25, 0.3) is 11.8 Å². The third kappa shape index (κ3) is 5.14. The summed E-state index contributed by atoms with van der Waals surface area (Å²) in [5, 5.41) is 6.80. The summed E-state index contributed by atoms with van der Waals surface area (Å²) in [7, 11) is 0. The maximum atomic E-state index is 12.3. The van der Waals surface area contributed by atoms with Gasteiger partial charge in [-0.1, -0.05) is 47.5 Å². The Labute approximate surface area is 164 Å². The second kappa shape index (κ2) is 8.77. The van der Waals surface area contributed by atoms with Crippen LogP contribution in [0.5, 0.6) is 0 Å². The van der Waals surface area contributed by atoms with E-state index in [1.165, 1.54) is 0 Å². The first kappa shape index (κ1) is 19.0. The van der Waals surface area contributed by atoms with Crippen molar-refractivity contribution in [2.45, 2.75) is 13.8 Å². The Bertz CT molecular complexity index is 1020. The van der Waals surface area contributed by atoms with Gasteiger partial charge in [-0.05, 0) is 55.8 Å². The van der Waals surface area contributed by atoms with E-state index in [9.17, 15) is 9.59 Å². The van der Waals surface area contributed by atoms with Crippen molar-refractivity contribution in [3.63, 3.8) is 0 Å². The summed E-state index contributed by atoms with van der Waals surface area (Å²) in [4.78, 5) is 24.5. The fourth-order valence-electron chi connectivity index (χ4n) is 2.67. The van der Waals surface area contributed by atoms with Crippen LogP contribution in [0.3, 0.4) is 0 Å². The highest BCUT2D eigenvalue weighted by atomic mass is 16.2. The summed E-state index contributed by atoms with van der Waals surface area (Å²) in [6.45, 7) is 3.93. The molecule has 3 aromatic carbocycles. The van der Waals surface area contributed by atoms with E-state index >= 15 is 0 Å². The highest BCUT2D eigenvalue weighted by Gasteiger charge is 2.08. The second-order valence-electron chi connectivity index (χ2n) is 6.51. The molecule has 0 radical (unpaired) electrons. The van der Waals surface area contributed by atoms with E-state index in [0.29, 0.717) is 16.8 Å². The van der Waals surface area contributed by atoms with Crippen molar-refractivity contribution in [2.24, 2.45) is 5.10 Å². The Hall–Kier alpha value is -3.73. The summed E-state index contributed by atoms with van der Waals surface area (Å²) in [5.41, 5.74) is 7.22. The molecule has 0 aliphatic rings. The van der Waals surface area contributed by atoms with E-state index in [0.717, 1.165) is 16.7 Å². The molecule has 0 spiro atoms. The van der Waals surface area contributed by atoms with E-state index in [-0.39, 0.29) is 11.8 Å². The lowest BCUT2D eigenvalue weighted by molar-refractivity contribution is 0.0954. The van der Waals surface area contributed by atoms with Gasteiger partial charge in [0, 0.05) is 16.8 Å². The Kier molecular flexibility index (Phi) is 5.97. The van der Waals surface area contributed by atoms with Crippen molar-refractivity contribution in [2.75, 3.05) is 5.32 Å². The summed E-state index contributed by atoms with van der Waals surface area (Å²) in [6.07, 6.45) is 1.60. The van der Waals surface area contributed by atoms with Crippen LogP contribution in [0.25, 0.3) is 0 Å². The van der Waals surface area contributed by atoms with E-state index in [1.807, 2.05) is 56.3 Å². The van der Waals surface area contributed by atoms with Gasteiger partial charge in [-0.3, -0.25) is 9.59 Å².